The molecular formula is C13H11ClO. The maximum absolute atomic E-state index is 10.0. The van der Waals surface area contributed by atoms with E-state index in [4.69, 9.17) is 11.6 Å². The van der Waals surface area contributed by atoms with Gasteiger partial charge in [0.1, 0.15) is 6.29 Å². The molecule has 0 aliphatic rings. The molecule has 0 spiro atoms. The highest BCUT2D eigenvalue weighted by Crippen LogP contribution is 2.03. The normalized spacial score (nSPS) is 8.60. The van der Waals surface area contributed by atoms with Crippen molar-refractivity contribution in [2.45, 2.75) is 0 Å². The van der Waals surface area contributed by atoms with Gasteiger partial charge in [-0.05, 0) is 12.1 Å². The van der Waals surface area contributed by atoms with Crippen molar-refractivity contribution < 1.29 is 4.79 Å². The number of rotatable bonds is 1. The first-order valence-electron chi connectivity index (χ1n) is 4.53. The Balaban J connectivity index is 0.000000151. The van der Waals surface area contributed by atoms with Crippen LogP contribution in [-0.2, 0) is 0 Å². The molecule has 2 aromatic rings. The van der Waals surface area contributed by atoms with Crippen LogP contribution in [0.1, 0.15) is 10.4 Å². The molecule has 0 aromatic heterocycles. The number of benzene rings is 2. The van der Waals surface area contributed by atoms with Crippen molar-refractivity contribution in [3.8, 4) is 0 Å². The quantitative estimate of drug-likeness (QED) is 0.665. The van der Waals surface area contributed by atoms with E-state index in [1.165, 1.54) is 0 Å². The first-order chi connectivity index (χ1) is 7.33. The second-order valence-corrected chi connectivity index (χ2v) is 3.26. The van der Waals surface area contributed by atoms with Crippen LogP contribution in [0.2, 0.25) is 5.02 Å². The van der Waals surface area contributed by atoms with Gasteiger partial charge < -0.3 is 0 Å². The highest BCUT2D eigenvalue weighted by atomic mass is 35.5. The van der Waals surface area contributed by atoms with E-state index < -0.39 is 0 Å². The summed E-state index contributed by atoms with van der Waals surface area (Å²) in [6.45, 7) is 0. The fraction of sp³-hybridized carbons (Fsp3) is 0. The summed E-state index contributed by atoms with van der Waals surface area (Å²) in [6, 6.07) is 18.5. The van der Waals surface area contributed by atoms with Crippen LogP contribution < -0.4 is 0 Å². The summed E-state index contributed by atoms with van der Waals surface area (Å²) in [4.78, 5) is 10.0. The minimum atomic E-state index is 0.729. The van der Waals surface area contributed by atoms with Crippen LogP contribution in [0.5, 0.6) is 0 Å². The minimum Gasteiger partial charge on any atom is -0.298 e. The van der Waals surface area contributed by atoms with E-state index in [0.29, 0.717) is 0 Å². The van der Waals surface area contributed by atoms with Crippen LogP contribution in [0.15, 0.2) is 60.7 Å². The zero-order chi connectivity index (χ0) is 10.9. The smallest absolute Gasteiger partial charge is 0.150 e. The molecule has 2 aromatic carbocycles. The fourth-order valence-corrected chi connectivity index (χ4v) is 1.09. The Morgan fingerprint density at radius 2 is 1.27 bits per heavy atom. The van der Waals surface area contributed by atoms with Gasteiger partial charge in [0, 0.05) is 10.6 Å². The van der Waals surface area contributed by atoms with Crippen molar-refractivity contribution in [3.05, 3.63) is 71.2 Å². The second-order valence-electron chi connectivity index (χ2n) is 2.82. The van der Waals surface area contributed by atoms with Gasteiger partial charge in [0.2, 0.25) is 0 Å². The molecule has 15 heavy (non-hydrogen) atoms. The van der Waals surface area contributed by atoms with Crippen molar-refractivity contribution in [1.29, 1.82) is 0 Å². The molecule has 76 valence electrons. The number of carbonyl (C=O) groups is 1. The van der Waals surface area contributed by atoms with Gasteiger partial charge in [-0.25, -0.2) is 0 Å². The zero-order valence-corrected chi connectivity index (χ0v) is 8.89. The predicted molar refractivity (Wildman–Crippen MR) is 63.3 cm³/mol. The number of halogens is 1. The van der Waals surface area contributed by atoms with Crippen LogP contribution >= 0.6 is 11.6 Å². The highest BCUT2D eigenvalue weighted by molar-refractivity contribution is 6.30. The Bertz CT molecular complexity index is 384. The van der Waals surface area contributed by atoms with E-state index in [0.717, 1.165) is 16.9 Å². The molecule has 0 fully saturated rings. The lowest BCUT2D eigenvalue weighted by molar-refractivity contribution is 0.112. The van der Waals surface area contributed by atoms with E-state index >= 15 is 0 Å². The lowest BCUT2D eigenvalue weighted by Gasteiger charge is -1.81. The van der Waals surface area contributed by atoms with Gasteiger partial charge in [-0.15, -0.1) is 0 Å². The summed E-state index contributed by atoms with van der Waals surface area (Å²) >= 11 is 5.54. The van der Waals surface area contributed by atoms with Crippen molar-refractivity contribution in [2.24, 2.45) is 0 Å². The van der Waals surface area contributed by atoms with E-state index in [1.54, 1.807) is 12.1 Å². The third-order valence-electron chi connectivity index (χ3n) is 1.67. The van der Waals surface area contributed by atoms with Crippen molar-refractivity contribution in [2.75, 3.05) is 0 Å². The molecular weight excluding hydrogens is 208 g/mol. The molecule has 0 heterocycles. The second kappa shape index (κ2) is 6.80. The molecule has 2 heteroatoms. The SMILES string of the molecule is Clc1ccccc1.O=Cc1ccccc1. The number of carbonyl (C=O) groups excluding carboxylic acids is 1. The van der Waals surface area contributed by atoms with E-state index in [-0.39, 0.29) is 0 Å². The zero-order valence-electron chi connectivity index (χ0n) is 8.14. The Morgan fingerprint density at radius 1 is 0.800 bits per heavy atom. The Kier molecular flexibility index (Phi) is 5.20. The average molecular weight is 219 g/mol. The maximum atomic E-state index is 10.0. The molecule has 0 aliphatic heterocycles. The number of hydrogen-bond donors (Lipinski definition) is 0. The Morgan fingerprint density at radius 3 is 1.53 bits per heavy atom. The van der Waals surface area contributed by atoms with Crippen LogP contribution in [-0.4, -0.2) is 6.29 Å². The van der Waals surface area contributed by atoms with Gasteiger partial charge in [0.15, 0.2) is 0 Å². The molecule has 0 radical (unpaired) electrons. The first kappa shape index (κ1) is 11.5. The molecule has 0 N–H and O–H groups in total. The summed E-state index contributed by atoms with van der Waals surface area (Å²) in [5.41, 5.74) is 0.729. The largest absolute Gasteiger partial charge is 0.298 e. The topological polar surface area (TPSA) is 17.1 Å². The Hall–Kier alpha value is -1.60. The van der Waals surface area contributed by atoms with Gasteiger partial charge in [0.25, 0.3) is 0 Å². The monoisotopic (exact) mass is 218 g/mol. The van der Waals surface area contributed by atoms with Crippen molar-refractivity contribution >= 4 is 17.9 Å². The van der Waals surface area contributed by atoms with E-state index in [1.807, 2.05) is 48.5 Å². The first-order valence-corrected chi connectivity index (χ1v) is 4.91. The maximum Gasteiger partial charge on any atom is 0.150 e. The highest BCUT2D eigenvalue weighted by Gasteiger charge is 1.80. The van der Waals surface area contributed by atoms with Crippen LogP contribution in [0.4, 0.5) is 0 Å². The summed E-state index contributed by atoms with van der Waals surface area (Å²) in [5.74, 6) is 0. The third kappa shape index (κ3) is 4.99. The standard InChI is InChI=1S/C7H6O.C6H5Cl/c8-6-7-4-2-1-3-5-7;7-6-4-2-1-3-5-6/h1-6H;1-5H. The predicted octanol–water partition coefficient (Wildman–Crippen LogP) is 3.84. The number of aldehydes is 1. The van der Waals surface area contributed by atoms with E-state index in [2.05, 4.69) is 0 Å². The van der Waals surface area contributed by atoms with Crippen LogP contribution in [0, 0.1) is 0 Å². The molecule has 0 saturated carbocycles. The molecule has 0 aliphatic carbocycles. The van der Waals surface area contributed by atoms with Crippen LogP contribution in [0.25, 0.3) is 0 Å². The molecule has 0 amide bonds. The van der Waals surface area contributed by atoms with Crippen molar-refractivity contribution in [1.82, 2.24) is 0 Å². The third-order valence-corrected chi connectivity index (χ3v) is 1.92. The van der Waals surface area contributed by atoms with Gasteiger partial charge in [-0.1, -0.05) is 60.1 Å². The number of hydrogen-bond acceptors (Lipinski definition) is 1. The Labute approximate surface area is 94.3 Å². The van der Waals surface area contributed by atoms with Gasteiger partial charge in [-0.2, -0.15) is 0 Å². The molecule has 0 atom stereocenters. The molecule has 0 saturated heterocycles. The lowest BCUT2D eigenvalue weighted by Crippen LogP contribution is -1.73. The van der Waals surface area contributed by atoms with Crippen LogP contribution in [0.3, 0.4) is 0 Å². The molecule has 0 unspecified atom stereocenters. The summed E-state index contributed by atoms with van der Waals surface area (Å²) < 4.78 is 0. The summed E-state index contributed by atoms with van der Waals surface area (Å²) in [5, 5.41) is 0.794. The lowest BCUT2D eigenvalue weighted by atomic mass is 10.2. The average Bonchev–Trinajstić information content (AvgIpc) is 2.32. The van der Waals surface area contributed by atoms with E-state index in [9.17, 15) is 4.79 Å². The molecule has 2 rings (SSSR count). The van der Waals surface area contributed by atoms with Gasteiger partial charge >= 0.3 is 0 Å². The summed E-state index contributed by atoms with van der Waals surface area (Å²) in [7, 11) is 0. The fourth-order valence-electron chi connectivity index (χ4n) is 0.946. The van der Waals surface area contributed by atoms with Gasteiger partial charge in [-0.3, -0.25) is 4.79 Å². The minimum absolute atomic E-state index is 0.729. The molecule has 1 nitrogen and oxygen atoms in total. The molecule has 0 bridgehead atoms. The summed E-state index contributed by atoms with van der Waals surface area (Å²) in [6.07, 6.45) is 0.833. The van der Waals surface area contributed by atoms with Gasteiger partial charge in [0.05, 0.1) is 0 Å². The van der Waals surface area contributed by atoms with Crippen molar-refractivity contribution in [3.63, 3.8) is 0 Å².